The predicted octanol–water partition coefficient (Wildman–Crippen LogP) is 4.17. The van der Waals surface area contributed by atoms with Gasteiger partial charge in [0, 0.05) is 6.42 Å². The van der Waals surface area contributed by atoms with Gasteiger partial charge in [-0.1, -0.05) is 19.9 Å². The number of halogens is 4. The fraction of sp³-hybridized carbons (Fsp3) is 0.500. The molecule has 0 aliphatic rings. The molecular weight excluding hydrogens is 292 g/mol. The van der Waals surface area contributed by atoms with E-state index < -0.39 is 17.9 Å². The van der Waals surface area contributed by atoms with E-state index in [0.29, 0.717) is 12.0 Å². The Balaban J connectivity index is 2.63. The Morgan fingerprint density at radius 1 is 1.33 bits per heavy atom. The molecule has 0 aromatic heterocycles. The van der Waals surface area contributed by atoms with Crippen LogP contribution >= 0.6 is 0 Å². The van der Waals surface area contributed by atoms with Crippen LogP contribution in [-0.2, 0) is 9.53 Å². The summed E-state index contributed by atoms with van der Waals surface area (Å²) in [4.78, 5) is 11.0. The zero-order valence-corrected chi connectivity index (χ0v) is 11.7. The molecule has 0 aliphatic carbocycles. The highest BCUT2D eigenvalue weighted by molar-refractivity contribution is 5.68. The van der Waals surface area contributed by atoms with E-state index in [4.69, 9.17) is 4.74 Å². The van der Waals surface area contributed by atoms with Crippen LogP contribution in [0, 0.1) is 5.82 Å². The molecule has 0 spiro atoms. The molecule has 0 fully saturated rings. The molecule has 21 heavy (non-hydrogen) atoms. The van der Waals surface area contributed by atoms with Crippen LogP contribution in [0.5, 0.6) is 5.75 Å². The van der Waals surface area contributed by atoms with Crippen molar-refractivity contribution in [1.82, 2.24) is 0 Å². The van der Waals surface area contributed by atoms with Gasteiger partial charge < -0.3 is 9.47 Å². The molecule has 1 atom stereocenters. The number of hydrogen-bond donors (Lipinski definition) is 0. The molecule has 1 unspecified atom stereocenters. The van der Waals surface area contributed by atoms with Gasteiger partial charge in [-0.05, 0) is 30.0 Å². The van der Waals surface area contributed by atoms with E-state index in [2.05, 4.69) is 4.74 Å². The average molecular weight is 308 g/mol. The van der Waals surface area contributed by atoms with Crippen LogP contribution in [0.25, 0.3) is 0 Å². The van der Waals surface area contributed by atoms with Gasteiger partial charge in [-0.2, -0.15) is 0 Å². The molecule has 0 amide bonds. The van der Waals surface area contributed by atoms with Crippen LogP contribution in [0.15, 0.2) is 18.2 Å². The molecule has 118 valence electrons. The number of benzene rings is 1. The summed E-state index contributed by atoms with van der Waals surface area (Å²) in [6, 6.07) is 3.29. The van der Waals surface area contributed by atoms with E-state index >= 15 is 0 Å². The van der Waals surface area contributed by atoms with Gasteiger partial charge in [0.2, 0.25) is 0 Å². The molecule has 0 aliphatic heterocycles. The SMILES string of the molecule is CCC(=O)OCCC(C)c1ccc(OC(F)(F)F)c(F)c1. The molecule has 1 rings (SSSR count). The second-order valence-corrected chi connectivity index (χ2v) is 4.50. The number of rotatable bonds is 6. The largest absolute Gasteiger partial charge is 0.573 e. The van der Waals surface area contributed by atoms with E-state index in [1.54, 1.807) is 13.8 Å². The van der Waals surface area contributed by atoms with Gasteiger partial charge in [-0.25, -0.2) is 4.39 Å². The van der Waals surface area contributed by atoms with E-state index in [1.165, 1.54) is 6.07 Å². The summed E-state index contributed by atoms with van der Waals surface area (Å²) >= 11 is 0. The molecular formula is C14H16F4O3. The monoisotopic (exact) mass is 308 g/mol. The third kappa shape index (κ3) is 6.01. The lowest BCUT2D eigenvalue weighted by molar-refractivity contribution is -0.275. The first kappa shape index (κ1) is 17.3. The quantitative estimate of drug-likeness (QED) is 0.584. The lowest BCUT2D eigenvalue weighted by atomic mass is 9.98. The van der Waals surface area contributed by atoms with Crippen LogP contribution < -0.4 is 4.74 Å². The smallest absolute Gasteiger partial charge is 0.466 e. The lowest BCUT2D eigenvalue weighted by Gasteiger charge is -2.14. The Morgan fingerprint density at radius 3 is 2.52 bits per heavy atom. The third-order valence-corrected chi connectivity index (χ3v) is 2.85. The van der Waals surface area contributed by atoms with Gasteiger partial charge in [0.25, 0.3) is 0 Å². The minimum Gasteiger partial charge on any atom is -0.466 e. The number of ether oxygens (including phenoxy) is 2. The Bertz CT molecular complexity index is 486. The molecule has 7 heteroatoms. The summed E-state index contributed by atoms with van der Waals surface area (Å²) < 4.78 is 58.0. The fourth-order valence-corrected chi connectivity index (χ4v) is 1.65. The second kappa shape index (κ2) is 7.28. The van der Waals surface area contributed by atoms with E-state index in [-0.39, 0.29) is 24.9 Å². The first-order valence-corrected chi connectivity index (χ1v) is 6.43. The van der Waals surface area contributed by atoms with Crippen molar-refractivity contribution in [3.63, 3.8) is 0 Å². The highest BCUT2D eigenvalue weighted by Crippen LogP contribution is 2.29. The fourth-order valence-electron chi connectivity index (χ4n) is 1.65. The summed E-state index contributed by atoms with van der Waals surface area (Å²) in [5.74, 6) is -2.44. The standard InChI is InChI=1S/C14H16F4O3/c1-3-13(19)20-7-6-9(2)10-4-5-12(11(15)8-10)21-14(16,17)18/h4-5,8-9H,3,6-7H2,1-2H3. The summed E-state index contributed by atoms with van der Waals surface area (Å²) in [7, 11) is 0. The summed E-state index contributed by atoms with van der Waals surface area (Å²) in [6.07, 6.45) is -4.21. The number of carbonyl (C=O) groups excluding carboxylic acids is 1. The molecule has 1 aromatic rings. The predicted molar refractivity (Wildman–Crippen MR) is 67.4 cm³/mol. The van der Waals surface area contributed by atoms with Crippen LogP contribution in [-0.4, -0.2) is 18.9 Å². The van der Waals surface area contributed by atoms with Crippen molar-refractivity contribution in [3.05, 3.63) is 29.6 Å². The first-order valence-electron chi connectivity index (χ1n) is 6.43. The molecule has 0 saturated heterocycles. The molecule has 0 heterocycles. The molecule has 1 aromatic carbocycles. The first-order chi connectivity index (χ1) is 9.73. The molecule has 0 N–H and O–H groups in total. The zero-order valence-electron chi connectivity index (χ0n) is 11.7. The topological polar surface area (TPSA) is 35.5 Å². The molecule has 0 bridgehead atoms. The number of hydrogen-bond acceptors (Lipinski definition) is 3. The van der Waals surface area contributed by atoms with Gasteiger partial charge in [0.1, 0.15) is 0 Å². The number of esters is 1. The lowest BCUT2D eigenvalue weighted by Crippen LogP contribution is -2.18. The minimum absolute atomic E-state index is 0.163. The summed E-state index contributed by atoms with van der Waals surface area (Å²) in [6.45, 7) is 3.61. The van der Waals surface area contributed by atoms with Crippen molar-refractivity contribution < 1.29 is 31.8 Å². The van der Waals surface area contributed by atoms with E-state index in [0.717, 1.165) is 12.1 Å². The molecule has 0 radical (unpaired) electrons. The van der Waals surface area contributed by atoms with Gasteiger partial charge in [0.15, 0.2) is 11.6 Å². The Morgan fingerprint density at radius 2 is 2.00 bits per heavy atom. The Labute approximate surface area is 119 Å². The third-order valence-electron chi connectivity index (χ3n) is 2.85. The Kier molecular flexibility index (Phi) is 5.99. The van der Waals surface area contributed by atoms with E-state index in [9.17, 15) is 22.4 Å². The van der Waals surface area contributed by atoms with Gasteiger partial charge in [0.05, 0.1) is 6.61 Å². The van der Waals surface area contributed by atoms with Crippen molar-refractivity contribution >= 4 is 5.97 Å². The molecule has 3 nitrogen and oxygen atoms in total. The van der Waals surface area contributed by atoms with Crippen molar-refractivity contribution in [2.75, 3.05) is 6.61 Å². The summed E-state index contributed by atoms with van der Waals surface area (Å²) in [5, 5.41) is 0. The maximum atomic E-state index is 13.5. The van der Waals surface area contributed by atoms with Crippen molar-refractivity contribution in [2.45, 2.75) is 39.0 Å². The highest BCUT2D eigenvalue weighted by Gasteiger charge is 2.32. The zero-order chi connectivity index (χ0) is 16.0. The van der Waals surface area contributed by atoms with Crippen LogP contribution in [0.1, 0.15) is 38.2 Å². The van der Waals surface area contributed by atoms with Crippen molar-refractivity contribution in [1.29, 1.82) is 0 Å². The van der Waals surface area contributed by atoms with Crippen LogP contribution in [0.2, 0.25) is 0 Å². The van der Waals surface area contributed by atoms with Gasteiger partial charge in [-0.3, -0.25) is 4.79 Å². The van der Waals surface area contributed by atoms with E-state index in [1.807, 2.05) is 0 Å². The normalized spacial score (nSPS) is 12.9. The van der Waals surface area contributed by atoms with Crippen LogP contribution in [0.4, 0.5) is 17.6 Å². The highest BCUT2D eigenvalue weighted by atomic mass is 19.4. The van der Waals surface area contributed by atoms with Crippen LogP contribution in [0.3, 0.4) is 0 Å². The molecule has 0 saturated carbocycles. The maximum absolute atomic E-state index is 13.5. The summed E-state index contributed by atoms with van der Waals surface area (Å²) in [5.41, 5.74) is 0.509. The van der Waals surface area contributed by atoms with Gasteiger partial charge >= 0.3 is 12.3 Å². The van der Waals surface area contributed by atoms with Crippen molar-refractivity contribution in [3.8, 4) is 5.75 Å². The van der Waals surface area contributed by atoms with Crippen molar-refractivity contribution in [2.24, 2.45) is 0 Å². The minimum atomic E-state index is -4.93. The number of carbonyl (C=O) groups is 1. The maximum Gasteiger partial charge on any atom is 0.573 e. The number of alkyl halides is 3. The Hall–Kier alpha value is -1.79. The average Bonchev–Trinajstić information content (AvgIpc) is 2.39. The van der Waals surface area contributed by atoms with Gasteiger partial charge in [-0.15, -0.1) is 13.2 Å². The second-order valence-electron chi connectivity index (χ2n) is 4.50.